The van der Waals surface area contributed by atoms with E-state index >= 15 is 0 Å². The second-order valence-corrected chi connectivity index (χ2v) is 7.49. The maximum atomic E-state index is 6.37. The molecule has 0 radical (unpaired) electrons. The fourth-order valence-corrected chi connectivity index (χ4v) is 2.72. The van der Waals surface area contributed by atoms with E-state index in [1.165, 1.54) is 0 Å². The summed E-state index contributed by atoms with van der Waals surface area (Å²) in [7, 11) is -0.457. The molecule has 1 fully saturated rings. The van der Waals surface area contributed by atoms with Gasteiger partial charge in [-0.1, -0.05) is 42.5 Å². The first kappa shape index (κ1) is 18.0. The minimum absolute atomic E-state index is 0.343. The van der Waals surface area contributed by atoms with Gasteiger partial charge in [0, 0.05) is 0 Å². The van der Waals surface area contributed by atoms with Gasteiger partial charge in [-0.05, 0) is 51.0 Å². The zero-order chi connectivity index (χ0) is 18.1. The Balaban J connectivity index is 1.62. The average Bonchev–Trinajstić information content (AvgIpc) is 2.81. The van der Waals surface area contributed by atoms with E-state index in [9.17, 15) is 0 Å². The van der Waals surface area contributed by atoms with Crippen molar-refractivity contribution < 1.29 is 14.0 Å². The zero-order valence-electron chi connectivity index (χ0n) is 15.4. The summed E-state index contributed by atoms with van der Waals surface area (Å²) in [6, 6.07) is 17.9. The summed E-state index contributed by atoms with van der Waals surface area (Å²) in [5.74, 6) is 0.470. The molecule has 2 aromatic carbocycles. The highest BCUT2D eigenvalue weighted by molar-refractivity contribution is 6.47. The third-order valence-corrected chi connectivity index (χ3v) is 5.08. The van der Waals surface area contributed by atoms with Gasteiger partial charge in [-0.3, -0.25) is 0 Å². The van der Waals surface area contributed by atoms with Crippen LogP contribution in [-0.2, 0) is 15.9 Å². The molecule has 0 saturated carbocycles. The van der Waals surface area contributed by atoms with Gasteiger partial charge in [-0.25, -0.2) is 0 Å². The molecule has 3 rings (SSSR count). The predicted octanol–water partition coefficient (Wildman–Crippen LogP) is 3.90. The summed E-state index contributed by atoms with van der Waals surface area (Å²) in [6.45, 7) is 8.66. The van der Waals surface area contributed by atoms with Gasteiger partial charge in [-0.2, -0.15) is 0 Å². The molecule has 0 spiro atoms. The molecule has 1 aliphatic heterocycles. The lowest BCUT2D eigenvalue weighted by Gasteiger charge is -2.32. The van der Waals surface area contributed by atoms with Gasteiger partial charge in [-0.15, -0.1) is 0 Å². The average molecular weight is 339 g/mol. The van der Waals surface area contributed by atoms with Crippen LogP contribution >= 0.6 is 0 Å². The standard InChI is InChI=1S/C20H26BNO3/c1-19(2)20(3,4)25-21(24-19)18(22)16-10-12-17(13-11-16)23-14-15-8-6-5-7-9-15/h5-13,18H,14,22H2,1-4H3/t18-/m0/s1. The molecule has 5 heteroatoms. The summed E-state index contributed by atoms with van der Waals surface area (Å²) < 4.78 is 17.9. The van der Waals surface area contributed by atoms with E-state index in [1.807, 2.05) is 82.3 Å². The molecular weight excluding hydrogens is 313 g/mol. The van der Waals surface area contributed by atoms with Crippen LogP contribution in [0.2, 0.25) is 0 Å². The fourth-order valence-electron chi connectivity index (χ4n) is 2.72. The van der Waals surface area contributed by atoms with Crippen molar-refractivity contribution in [3.8, 4) is 5.75 Å². The summed E-state index contributed by atoms with van der Waals surface area (Å²) in [6.07, 6.45) is 0. The van der Waals surface area contributed by atoms with Crippen molar-refractivity contribution in [2.75, 3.05) is 0 Å². The van der Waals surface area contributed by atoms with E-state index in [0.717, 1.165) is 16.9 Å². The number of benzene rings is 2. The molecule has 2 N–H and O–H groups in total. The SMILES string of the molecule is CC1(C)OB([C@@H](N)c2ccc(OCc3ccccc3)cc2)OC1(C)C. The molecule has 0 aromatic heterocycles. The first-order valence-electron chi connectivity index (χ1n) is 8.66. The van der Waals surface area contributed by atoms with Crippen molar-refractivity contribution >= 4 is 7.12 Å². The third-order valence-electron chi connectivity index (χ3n) is 5.08. The van der Waals surface area contributed by atoms with Crippen LogP contribution in [0.4, 0.5) is 0 Å². The predicted molar refractivity (Wildman–Crippen MR) is 100 cm³/mol. The summed E-state index contributed by atoms with van der Waals surface area (Å²) in [5, 5.41) is 0. The van der Waals surface area contributed by atoms with Gasteiger partial charge in [0.2, 0.25) is 0 Å². The second-order valence-electron chi connectivity index (χ2n) is 7.49. The Morgan fingerprint density at radius 2 is 1.48 bits per heavy atom. The second kappa shape index (κ2) is 6.83. The molecule has 0 unspecified atom stereocenters. The first-order chi connectivity index (χ1) is 11.8. The van der Waals surface area contributed by atoms with Gasteiger partial charge < -0.3 is 19.8 Å². The highest BCUT2D eigenvalue weighted by Gasteiger charge is 2.53. The molecular formula is C20H26BNO3. The van der Waals surface area contributed by atoms with Crippen LogP contribution in [0.1, 0.15) is 44.8 Å². The third kappa shape index (κ3) is 3.89. The van der Waals surface area contributed by atoms with Crippen molar-refractivity contribution in [3.63, 3.8) is 0 Å². The van der Waals surface area contributed by atoms with Crippen LogP contribution in [0.5, 0.6) is 5.75 Å². The highest BCUT2D eigenvalue weighted by atomic mass is 16.7. The molecule has 1 saturated heterocycles. The lowest BCUT2D eigenvalue weighted by molar-refractivity contribution is 0.00578. The van der Waals surface area contributed by atoms with Gasteiger partial charge in [0.25, 0.3) is 0 Å². The Morgan fingerprint density at radius 3 is 2.04 bits per heavy atom. The smallest absolute Gasteiger partial charge is 0.480 e. The monoisotopic (exact) mass is 339 g/mol. The number of hydrogen-bond acceptors (Lipinski definition) is 4. The topological polar surface area (TPSA) is 53.7 Å². The summed E-state index contributed by atoms with van der Waals surface area (Å²) in [4.78, 5) is 0. The normalized spacial score (nSPS) is 19.6. The van der Waals surface area contributed by atoms with Crippen molar-refractivity contribution in [3.05, 3.63) is 65.7 Å². The number of ether oxygens (including phenoxy) is 1. The van der Waals surface area contributed by atoms with Gasteiger partial charge in [0.05, 0.1) is 17.1 Å². The largest absolute Gasteiger partial charge is 0.489 e. The van der Waals surface area contributed by atoms with E-state index in [0.29, 0.717) is 6.61 Å². The number of rotatable bonds is 5. The van der Waals surface area contributed by atoms with E-state index in [1.54, 1.807) is 0 Å². The van der Waals surface area contributed by atoms with Crippen molar-refractivity contribution in [1.82, 2.24) is 0 Å². The molecule has 2 aromatic rings. The number of nitrogens with two attached hydrogens (primary N) is 1. The Hall–Kier alpha value is -1.82. The van der Waals surface area contributed by atoms with Crippen LogP contribution in [0.15, 0.2) is 54.6 Å². The Kier molecular flexibility index (Phi) is 4.91. The van der Waals surface area contributed by atoms with Crippen LogP contribution < -0.4 is 10.5 Å². The Morgan fingerprint density at radius 1 is 0.920 bits per heavy atom. The molecule has 132 valence electrons. The van der Waals surface area contributed by atoms with Gasteiger partial charge >= 0.3 is 7.12 Å². The maximum absolute atomic E-state index is 6.37. The Labute approximate surface area is 150 Å². The van der Waals surface area contributed by atoms with Crippen LogP contribution in [0, 0.1) is 0 Å². The Bertz CT molecular complexity index is 685. The quantitative estimate of drug-likeness (QED) is 0.840. The maximum Gasteiger partial charge on any atom is 0.480 e. The molecule has 0 aliphatic carbocycles. The molecule has 0 bridgehead atoms. The molecule has 0 amide bonds. The minimum Gasteiger partial charge on any atom is -0.489 e. The van der Waals surface area contributed by atoms with Gasteiger partial charge in [0.1, 0.15) is 12.4 Å². The lowest BCUT2D eigenvalue weighted by atomic mass is 9.75. The summed E-state index contributed by atoms with van der Waals surface area (Å²) >= 11 is 0. The van der Waals surface area contributed by atoms with Crippen molar-refractivity contribution in [1.29, 1.82) is 0 Å². The van der Waals surface area contributed by atoms with E-state index in [2.05, 4.69) is 0 Å². The highest BCUT2D eigenvalue weighted by Crippen LogP contribution is 2.39. The minimum atomic E-state index is -0.457. The lowest BCUT2D eigenvalue weighted by Crippen LogP contribution is -2.41. The fraction of sp³-hybridized carbons (Fsp3) is 0.400. The van der Waals surface area contributed by atoms with E-state index < -0.39 is 7.12 Å². The van der Waals surface area contributed by atoms with E-state index in [4.69, 9.17) is 19.8 Å². The molecule has 4 nitrogen and oxygen atoms in total. The first-order valence-corrected chi connectivity index (χ1v) is 8.66. The summed E-state index contributed by atoms with van der Waals surface area (Å²) in [5.41, 5.74) is 7.71. The van der Waals surface area contributed by atoms with E-state index in [-0.39, 0.29) is 17.1 Å². The van der Waals surface area contributed by atoms with Gasteiger partial charge in [0.15, 0.2) is 0 Å². The zero-order valence-corrected chi connectivity index (χ0v) is 15.4. The van der Waals surface area contributed by atoms with Crippen LogP contribution in [-0.4, -0.2) is 18.3 Å². The van der Waals surface area contributed by atoms with Crippen molar-refractivity contribution in [2.24, 2.45) is 5.73 Å². The molecule has 25 heavy (non-hydrogen) atoms. The van der Waals surface area contributed by atoms with Crippen LogP contribution in [0.25, 0.3) is 0 Å². The number of hydrogen-bond donors (Lipinski definition) is 1. The molecule has 1 atom stereocenters. The van der Waals surface area contributed by atoms with Crippen LogP contribution in [0.3, 0.4) is 0 Å². The molecule has 1 heterocycles. The molecule has 1 aliphatic rings. The van der Waals surface area contributed by atoms with Crippen molar-refractivity contribution in [2.45, 2.75) is 51.4 Å².